The van der Waals surface area contributed by atoms with Gasteiger partial charge in [-0.15, -0.1) is 0 Å². The van der Waals surface area contributed by atoms with Gasteiger partial charge in [-0.3, -0.25) is 4.99 Å². The van der Waals surface area contributed by atoms with Crippen molar-refractivity contribution < 1.29 is 0 Å². The molecule has 0 amide bonds. The van der Waals surface area contributed by atoms with Gasteiger partial charge in [0.15, 0.2) is 5.96 Å². The molecule has 0 fully saturated rings. The Kier molecular flexibility index (Phi) is 7.26. The quantitative estimate of drug-likeness (QED) is 0.601. The Morgan fingerprint density at radius 2 is 1.56 bits per heavy atom. The summed E-state index contributed by atoms with van der Waals surface area (Å²) in [5, 5.41) is 6.66. The number of rotatable bonds is 7. The molecular formula is C20H29N5. The summed E-state index contributed by atoms with van der Waals surface area (Å²) in [6.45, 7) is 9.76. The molecule has 0 saturated heterocycles. The van der Waals surface area contributed by atoms with Crippen LogP contribution in [0.2, 0.25) is 0 Å². The van der Waals surface area contributed by atoms with E-state index in [1.54, 1.807) is 7.05 Å². The number of aromatic nitrogens is 1. The van der Waals surface area contributed by atoms with Crippen molar-refractivity contribution in [3.05, 3.63) is 59.3 Å². The average Bonchev–Trinajstić information content (AvgIpc) is 2.65. The van der Waals surface area contributed by atoms with Crippen LogP contribution in [0.1, 0.15) is 30.5 Å². The maximum Gasteiger partial charge on any atom is 0.191 e. The molecule has 0 aliphatic heterocycles. The number of guanidine groups is 1. The van der Waals surface area contributed by atoms with Crippen LogP contribution in [-0.4, -0.2) is 31.1 Å². The van der Waals surface area contributed by atoms with Crippen LogP contribution in [0, 0.1) is 6.92 Å². The lowest BCUT2D eigenvalue weighted by atomic mass is 10.1. The highest BCUT2D eigenvalue weighted by atomic mass is 15.2. The van der Waals surface area contributed by atoms with E-state index in [9.17, 15) is 0 Å². The van der Waals surface area contributed by atoms with Crippen LogP contribution in [0.5, 0.6) is 0 Å². The molecule has 0 saturated carbocycles. The molecule has 25 heavy (non-hydrogen) atoms. The van der Waals surface area contributed by atoms with Crippen LogP contribution >= 0.6 is 0 Å². The molecule has 2 rings (SSSR count). The van der Waals surface area contributed by atoms with Crippen LogP contribution in [-0.2, 0) is 13.1 Å². The minimum atomic E-state index is 0.694. The van der Waals surface area contributed by atoms with Crippen molar-refractivity contribution in [3.63, 3.8) is 0 Å². The molecule has 1 aromatic carbocycles. The average molecular weight is 339 g/mol. The predicted molar refractivity (Wildman–Crippen MR) is 106 cm³/mol. The van der Waals surface area contributed by atoms with E-state index >= 15 is 0 Å². The fourth-order valence-corrected chi connectivity index (χ4v) is 2.55. The zero-order valence-corrected chi connectivity index (χ0v) is 15.7. The third kappa shape index (κ3) is 5.78. The fraction of sp³-hybridized carbons (Fsp3) is 0.400. The van der Waals surface area contributed by atoms with Gasteiger partial charge in [-0.05, 0) is 38.0 Å². The lowest BCUT2D eigenvalue weighted by molar-refractivity contribution is 0.803. The van der Waals surface area contributed by atoms with E-state index in [1.807, 2.05) is 6.20 Å². The third-order valence-corrected chi connectivity index (χ3v) is 4.16. The number of pyridine rings is 1. The summed E-state index contributed by atoms with van der Waals surface area (Å²) in [6.07, 6.45) is 1.92. The number of nitrogens with zero attached hydrogens (tertiary/aromatic N) is 3. The molecule has 1 aromatic heterocycles. The van der Waals surface area contributed by atoms with Crippen LogP contribution < -0.4 is 15.5 Å². The fourth-order valence-electron chi connectivity index (χ4n) is 2.55. The van der Waals surface area contributed by atoms with E-state index < -0.39 is 0 Å². The van der Waals surface area contributed by atoms with Gasteiger partial charge in [-0.2, -0.15) is 0 Å². The standard InChI is InChI=1S/C20H29N5/c1-5-25(6-2)19-12-11-18(14-22-19)15-24-20(21-4)23-13-17-9-7-16(3)8-10-17/h7-12,14H,5-6,13,15H2,1-4H3,(H2,21,23,24). The highest BCUT2D eigenvalue weighted by Crippen LogP contribution is 2.10. The molecule has 5 nitrogen and oxygen atoms in total. The maximum absolute atomic E-state index is 4.55. The second-order valence-electron chi connectivity index (χ2n) is 5.96. The molecule has 0 unspecified atom stereocenters. The monoisotopic (exact) mass is 339 g/mol. The number of aryl methyl sites for hydroxylation is 1. The van der Waals surface area contributed by atoms with E-state index in [0.29, 0.717) is 6.54 Å². The van der Waals surface area contributed by atoms with Crippen LogP contribution in [0.4, 0.5) is 5.82 Å². The van der Waals surface area contributed by atoms with Crippen molar-refractivity contribution in [2.24, 2.45) is 4.99 Å². The third-order valence-electron chi connectivity index (χ3n) is 4.16. The Bertz CT molecular complexity index is 657. The Hall–Kier alpha value is -2.56. The van der Waals surface area contributed by atoms with Crippen LogP contribution in [0.3, 0.4) is 0 Å². The van der Waals surface area contributed by atoms with Crippen LogP contribution in [0.25, 0.3) is 0 Å². The van der Waals surface area contributed by atoms with Gasteiger partial charge in [0.2, 0.25) is 0 Å². The number of hydrogen-bond donors (Lipinski definition) is 2. The molecule has 0 radical (unpaired) electrons. The molecule has 2 N–H and O–H groups in total. The summed E-state index contributed by atoms with van der Waals surface area (Å²) in [5.41, 5.74) is 3.64. The van der Waals surface area contributed by atoms with Gasteiger partial charge in [0.25, 0.3) is 0 Å². The summed E-state index contributed by atoms with van der Waals surface area (Å²) in [6, 6.07) is 12.7. The first-order chi connectivity index (χ1) is 12.2. The van der Waals surface area contributed by atoms with E-state index in [2.05, 4.69) is 82.7 Å². The zero-order valence-electron chi connectivity index (χ0n) is 15.7. The number of anilines is 1. The molecule has 0 bridgehead atoms. The summed E-state index contributed by atoms with van der Waals surface area (Å²) in [4.78, 5) is 11.1. The molecule has 1 heterocycles. The second-order valence-corrected chi connectivity index (χ2v) is 5.96. The Labute approximate surface area is 151 Å². The van der Waals surface area contributed by atoms with Gasteiger partial charge in [0.05, 0.1) is 0 Å². The van der Waals surface area contributed by atoms with Crippen molar-refractivity contribution >= 4 is 11.8 Å². The largest absolute Gasteiger partial charge is 0.357 e. The Balaban J connectivity index is 1.84. The van der Waals surface area contributed by atoms with Crippen LogP contribution in [0.15, 0.2) is 47.6 Å². The van der Waals surface area contributed by atoms with E-state index in [0.717, 1.165) is 37.0 Å². The Morgan fingerprint density at radius 3 is 2.08 bits per heavy atom. The number of nitrogens with one attached hydrogen (secondary N) is 2. The normalized spacial score (nSPS) is 11.3. The van der Waals surface area contributed by atoms with Crippen molar-refractivity contribution in [1.82, 2.24) is 15.6 Å². The van der Waals surface area contributed by atoms with E-state index in [-0.39, 0.29) is 0 Å². The predicted octanol–water partition coefficient (Wildman–Crippen LogP) is 3.10. The first-order valence-corrected chi connectivity index (χ1v) is 8.86. The lowest BCUT2D eigenvalue weighted by Gasteiger charge is -2.19. The van der Waals surface area contributed by atoms with Gasteiger partial charge in [0, 0.05) is 39.4 Å². The zero-order chi connectivity index (χ0) is 18.1. The summed E-state index contributed by atoms with van der Waals surface area (Å²) in [5.74, 6) is 1.81. The Morgan fingerprint density at radius 1 is 0.960 bits per heavy atom. The molecule has 0 spiro atoms. The number of benzene rings is 1. The second kappa shape index (κ2) is 9.67. The smallest absolute Gasteiger partial charge is 0.191 e. The van der Waals surface area contributed by atoms with Gasteiger partial charge in [0.1, 0.15) is 5.82 Å². The molecule has 0 atom stereocenters. The highest BCUT2D eigenvalue weighted by Gasteiger charge is 2.04. The molecule has 134 valence electrons. The van der Waals surface area contributed by atoms with Gasteiger partial charge >= 0.3 is 0 Å². The maximum atomic E-state index is 4.55. The van der Waals surface area contributed by atoms with Gasteiger partial charge in [-0.25, -0.2) is 4.98 Å². The van der Waals surface area contributed by atoms with Crippen molar-refractivity contribution in [2.75, 3.05) is 25.0 Å². The molecule has 0 aliphatic carbocycles. The van der Waals surface area contributed by atoms with E-state index in [4.69, 9.17) is 0 Å². The minimum Gasteiger partial charge on any atom is -0.357 e. The lowest BCUT2D eigenvalue weighted by Crippen LogP contribution is -2.36. The van der Waals surface area contributed by atoms with Gasteiger partial charge in [-0.1, -0.05) is 35.9 Å². The summed E-state index contributed by atoms with van der Waals surface area (Å²) < 4.78 is 0. The molecule has 2 aromatic rings. The van der Waals surface area contributed by atoms with Gasteiger partial charge < -0.3 is 15.5 Å². The first kappa shape index (κ1) is 18.8. The summed E-state index contributed by atoms with van der Waals surface area (Å²) >= 11 is 0. The number of aliphatic imine (C=N–C) groups is 1. The van der Waals surface area contributed by atoms with E-state index in [1.165, 1.54) is 11.1 Å². The van der Waals surface area contributed by atoms with Crippen molar-refractivity contribution in [3.8, 4) is 0 Å². The minimum absolute atomic E-state index is 0.694. The topological polar surface area (TPSA) is 52.5 Å². The molecule has 0 aliphatic rings. The molecular weight excluding hydrogens is 310 g/mol. The van der Waals surface area contributed by atoms with Crippen molar-refractivity contribution in [1.29, 1.82) is 0 Å². The molecule has 5 heteroatoms. The SMILES string of the molecule is CCN(CC)c1ccc(CNC(=NC)NCc2ccc(C)cc2)cn1. The van der Waals surface area contributed by atoms with Crippen molar-refractivity contribution in [2.45, 2.75) is 33.9 Å². The summed E-state index contributed by atoms with van der Waals surface area (Å²) in [7, 11) is 1.78. The highest BCUT2D eigenvalue weighted by molar-refractivity contribution is 5.79. The number of hydrogen-bond acceptors (Lipinski definition) is 3. The first-order valence-electron chi connectivity index (χ1n) is 8.86.